The first-order valence-corrected chi connectivity index (χ1v) is 5.42. The summed E-state index contributed by atoms with van der Waals surface area (Å²) in [5.74, 6) is 0. The van der Waals surface area contributed by atoms with E-state index in [2.05, 4.69) is 11.6 Å². The normalized spacial score (nSPS) is 18.3. The van der Waals surface area contributed by atoms with Gasteiger partial charge in [-0.05, 0) is 12.1 Å². The highest BCUT2D eigenvalue weighted by Gasteiger charge is 2.31. The third-order valence-electron chi connectivity index (χ3n) is 2.18. The van der Waals surface area contributed by atoms with Crippen molar-refractivity contribution in [2.24, 2.45) is 0 Å². The Bertz CT molecular complexity index is 432. The first-order valence-electron chi connectivity index (χ1n) is 4.23. The third-order valence-corrected chi connectivity index (χ3v) is 3.73. The minimum Gasteiger partial charge on any atom is -0.298 e. The monoisotopic (exact) mass is 225 g/mol. The van der Waals surface area contributed by atoms with Gasteiger partial charge >= 0.3 is 0 Å². The van der Waals surface area contributed by atoms with Gasteiger partial charge in [-0.15, -0.1) is 5.53 Å². The van der Waals surface area contributed by atoms with Crippen molar-refractivity contribution >= 4 is 29.1 Å². The van der Waals surface area contributed by atoms with Crippen LogP contribution in [0.15, 0.2) is 34.3 Å². The first-order chi connectivity index (χ1) is 6.75. The average molecular weight is 226 g/mol. The minimum atomic E-state index is 0.812. The largest absolute Gasteiger partial charge is 0.298 e. The number of hydrogen-bond acceptors (Lipinski definition) is 4. The second-order valence-corrected chi connectivity index (χ2v) is 4.64. The minimum absolute atomic E-state index is 0.812. The molecule has 0 amide bonds. The smallest absolute Gasteiger partial charge is 0.115 e. The maximum Gasteiger partial charge on any atom is 0.115 e. The van der Waals surface area contributed by atoms with Crippen molar-refractivity contribution in [3.8, 4) is 0 Å². The van der Waals surface area contributed by atoms with Gasteiger partial charge in [-0.2, -0.15) is 0 Å². The summed E-state index contributed by atoms with van der Waals surface area (Å²) < 4.78 is 0. The van der Waals surface area contributed by atoms with Gasteiger partial charge in [0.25, 0.3) is 0 Å². The van der Waals surface area contributed by atoms with Crippen molar-refractivity contribution in [1.82, 2.24) is 10.5 Å². The standard InChI is InChI=1S/C9H8ClN3S/c1-12-5-8-13(11-12)7-4-2-3-6(10)9(7)14-8/h2-5,11H,1H3. The molecular weight excluding hydrogens is 218 g/mol. The number of hydrazine groups is 2. The Morgan fingerprint density at radius 3 is 3.14 bits per heavy atom. The van der Waals surface area contributed by atoms with Crippen LogP contribution in [0.2, 0.25) is 5.02 Å². The second-order valence-electron chi connectivity index (χ2n) is 3.20. The summed E-state index contributed by atoms with van der Waals surface area (Å²) in [6.45, 7) is 0. The van der Waals surface area contributed by atoms with Crippen LogP contribution in [0.3, 0.4) is 0 Å². The Morgan fingerprint density at radius 1 is 1.43 bits per heavy atom. The first kappa shape index (κ1) is 8.47. The number of anilines is 1. The number of benzene rings is 1. The molecule has 2 aliphatic heterocycles. The maximum absolute atomic E-state index is 6.10. The Labute approximate surface area is 91.3 Å². The molecule has 2 heterocycles. The van der Waals surface area contributed by atoms with Crippen LogP contribution in [0.5, 0.6) is 0 Å². The van der Waals surface area contributed by atoms with E-state index in [1.807, 2.05) is 35.4 Å². The zero-order valence-corrected chi connectivity index (χ0v) is 9.06. The molecule has 0 aliphatic carbocycles. The summed E-state index contributed by atoms with van der Waals surface area (Å²) >= 11 is 7.79. The predicted octanol–water partition coefficient (Wildman–Crippen LogP) is 2.42. The maximum atomic E-state index is 6.10. The van der Waals surface area contributed by atoms with E-state index < -0.39 is 0 Å². The van der Waals surface area contributed by atoms with E-state index in [0.717, 1.165) is 20.6 Å². The van der Waals surface area contributed by atoms with Crippen molar-refractivity contribution in [2.75, 3.05) is 12.1 Å². The van der Waals surface area contributed by atoms with Crippen molar-refractivity contribution < 1.29 is 0 Å². The van der Waals surface area contributed by atoms with Gasteiger partial charge in [-0.25, -0.2) is 5.01 Å². The van der Waals surface area contributed by atoms with Gasteiger partial charge in [-0.1, -0.05) is 29.4 Å². The molecule has 0 saturated carbocycles. The van der Waals surface area contributed by atoms with Crippen LogP contribution in [0.25, 0.3) is 0 Å². The van der Waals surface area contributed by atoms with Gasteiger partial charge in [0.1, 0.15) is 5.03 Å². The van der Waals surface area contributed by atoms with E-state index in [1.54, 1.807) is 11.8 Å². The molecule has 0 aromatic heterocycles. The highest BCUT2D eigenvalue weighted by Crippen LogP contribution is 2.49. The number of rotatable bonds is 0. The van der Waals surface area contributed by atoms with Crippen LogP contribution in [-0.2, 0) is 0 Å². The summed E-state index contributed by atoms with van der Waals surface area (Å²) in [4.78, 5) is 1.13. The lowest BCUT2D eigenvalue weighted by molar-refractivity contribution is 0.358. The number of thioether (sulfide) groups is 1. The number of nitrogens with one attached hydrogen (secondary N) is 1. The number of hydrogen-bond donors (Lipinski definition) is 1. The highest BCUT2D eigenvalue weighted by molar-refractivity contribution is 8.03. The van der Waals surface area contributed by atoms with Crippen molar-refractivity contribution in [3.05, 3.63) is 34.5 Å². The quantitative estimate of drug-likeness (QED) is 0.731. The van der Waals surface area contributed by atoms with E-state index >= 15 is 0 Å². The van der Waals surface area contributed by atoms with Gasteiger partial charge in [0.2, 0.25) is 0 Å². The van der Waals surface area contributed by atoms with Crippen LogP contribution < -0.4 is 10.5 Å². The van der Waals surface area contributed by atoms with Gasteiger partial charge in [0.05, 0.1) is 15.6 Å². The molecule has 0 saturated heterocycles. The highest BCUT2D eigenvalue weighted by atomic mass is 35.5. The van der Waals surface area contributed by atoms with Crippen LogP contribution in [-0.4, -0.2) is 12.1 Å². The number of halogens is 1. The Kier molecular flexibility index (Phi) is 1.71. The van der Waals surface area contributed by atoms with Crippen LogP contribution >= 0.6 is 23.4 Å². The zero-order chi connectivity index (χ0) is 9.71. The zero-order valence-electron chi connectivity index (χ0n) is 7.49. The molecule has 1 aromatic carbocycles. The summed E-state index contributed by atoms with van der Waals surface area (Å²) in [6, 6.07) is 5.94. The lowest BCUT2D eigenvalue weighted by atomic mass is 10.3. The van der Waals surface area contributed by atoms with Crippen LogP contribution in [0, 0.1) is 0 Å². The summed E-state index contributed by atoms with van der Waals surface area (Å²) in [5.41, 5.74) is 4.32. The van der Waals surface area contributed by atoms with Crippen LogP contribution in [0.4, 0.5) is 5.69 Å². The van der Waals surface area contributed by atoms with E-state index in [0.29, 0.717) is 0 Å². The summed E-state index contributed by atoms with van der Waals surface area (Å²) in [5, 5.41) is 5.93. The number of nitrogens with zero attached hydrogens (tertiary/aromatic N) is 2. The van der Waals surface area contributed by atoms with E-state index in [4.69, 9.17) is 11.6 Å². The van der Waals surface area contributed by atoms with Crippen molar-refractivity contribution in [3.63, 3.8) is 0 Å². The lowest BCUT2D eigenvalue weighted by Crippen LogP contribution is -2.37. The molecule has 1 N–H and O–H groups in total. The van der Waals surface area contributed by atoms with E-state index in [-0.39, 0.29) is 0 Å². The number of fused-ring (bicyclic) bond motifs is 3. The van der Waals surface area contributed by atoms with E-state index in [1.165, 1.54) is 0 Å². The fraction of sp³-hybridized carbons (Fsp3) is 0.111. The molecular formula is C9H8ClN3S. The molecule has 2 aliphatic rings. The molecule has 14 heavy (non-hydrogen) atoms. The molecule has 3 rings (SSSR count). The SMILES string of the molecule is CN1C=C2Sc3c(Cl)cccc3N2N1. The van der Waals surface area contributed by atoms with Crippen molar-refractivity contribution in [1.29, 1.82) is 0 Å². The molecule has 72 valence electrons. The molecule has 1 aromatic rings. The molecule has 0 atom stereocenters. The summed E-state index contributed by atoms with van der Waals surface area (Å²) in [6.07, 6.45) is 2.04. The third kappa shape index (κ3) is 1.05. The molecule has 0 unspecified atom stereocenters. The van der Waals surface area contributed by atoms with Gasteiger partial charge in [0, 0.05) is 13.2 Å². The summed E-state index contributed by atoms with van der Waals surface area (Å²) in [7, 11) is 1.97. The van der Waals surface area contributed by atoms with Gasteiger partial charge < -0.3 is 0 Å². The Hall–Kier alpha value is -0.840. The molecule has 5 heteroatoms. The second kappa shape index (κ2) is 2.82. The molecule has 0 bridgehead atoms. The topological polar surface area (TPSA) is 18.5 Å². The molecule has 0 radical (unpaired) electrons. The fourth-order valence-electron chi connectivity index (χ4n) is 1.58. The van der Waals surface area contributed by atoms with Crippen molar-refractivity contribution in [2.45, 2.75) is 4.90 Å². The predicted molar refractivity (Wildman–Crippen MR) is 58.8 cm³/mol. The fourth-order valence-corrected chi connectivity index (χ4v) is 2.95. The lowest BCUT2D eigenvalue weighted by Gasteiger charge is -2.17. The van der Waals surface area contributed by atoms with Gasteiger partial charge in [0.15, 0.2) is 0 Å². The van der Waals surface area contributed by atoms with E-state index in [9.17, 15) is 0 Å². The Balaban J connectivity index is 2.13. The van der Waals surface area contributed by atoms with Crippen LogP contribution in [0.1, 0.15) is 0 Å². The molecule has 0 fully saturated rings. The Morgan fingerprint density at radius 2 is 2.29 bits per heavy atom. The molecule has 3 nitrogen and oxygen atoms in total. The average Bonchev–Trinajstić information content (AvgIpc) is 2.63. The van der Waals surface area contributed by atoms with Gasteiger partial charge in [-0.3, -0.25) is 5.01 Å². The molecule has 0 spiro atoms.